The molecule has 0 saturated carbocycles. The Morgan fingerprint density at radius 3 is 2.75 bits per heavy atom. The average Bonchev–Trinajstić information content (AvgIpc) is 2.72. The monoisotopic (exact) mass is 245 g/mol. The van der Waals surface area contributed by atoms with Crippen molar-refractivity contribution in [3.63, 3.8) is 0 Å². The predicted octanol–water partition coefficient (Wildman–Crippen LogP) is -0.705. The molecule has 1 aliphatic rings. The number of nitrogens with zero attached hydrogens (tertiary/aromatic N) is 2. The molecule has 2 heterocycles. The van der Waals surface area contributed by atoms with E-state index in [1.807, 2.05) is 0 Å². The number of aromatic nitrogens is 2. The van der Waals surface area contributed by atoms with Crippen LogP contribution in [0.15, 0.2) is 4.63 Å². The largest absolute Gasteiger partial charge is 0.347 e. The van der Waals surface area contributed by atoms with Crippen LogP contribution in [0.2, 0.25) is 0 Å². The minimum atomic E-state index is -2.99. The number of carbonyl (C=O) groups is 1. The highest BCUT2D eigenvalue weighted by atomic mass is 32.2. The quantitative estimate of drug-likeness (QED) is 0.738. The zero-order chi connectivity index (χ0) is 11.8. The fourth-order valence-corrected chi connectivity index (χ4v) is 3.27. The van der Waals surface area contributed by atoms with Crippen LogP contribution < -0.4 is 5.32 Å². The summed E-state index contributed by atoms with van der Waals surface area (Å²) < 4.78 is 26.7. The van der Waals surface area contributed by atoms with Crippen molar-refractivity contribution in [3.05, 3.63) is 11.4 Å². The van der Waals surface area contributed by atoms with Crippen LogP contribution in [-0.4, -0.2) is 42.2 Å². The lowest BCUT2D eigenvalue weighted by Gasteiger charge is -2.08. The van der Waals surface area contributed by atoms with Crippen molar-refractivity contribution >= 4 is 15.7 Å². The van der Waals surface area contributed by atoms with E-state index in [2.05, 4.69) is 20.3 Å². The molecule has 0 bridgehead atoms. The molecule has 16 heavy (non-hydrogen) atoms. The number of hydrogen-bond acceptors (Lipinski definition) is 6. The summed E-state index contributed by atoms with van der Waals surface area (Å²) in [5, 5.41) is 9.52. The van der Waals surface area contributed by atoms with Crippen LogP contribution in [0.5, 0.6) is 0 Å². The van der Waals surface area contributed by atoms with Crippen LogP contribution in [0.25, 0.3) is 0 Å². The Bertz CT molecular complexity index is 507. The number of carbonyl (C=O) groups excluding carboxylic acids is 1. The van der Waals surface area contributed by atoms with E-state index < -0.39 is 15.7 Å². The van der Waals surface area contributed by atoms with Gasteiger partial charge in [0.05, 0.1) is 11.5 Å². The number of sulfone groups is 1. The minimum Gasteiger partial charge on any atom is -0.347 e. The molecule has 88 valence electrons. The van der Waals surface area contributed by atoms with Gasteiger partial charge in [-0.1, -0.05) is 5.16 Å². The molecule has 1 fully saturated rings. The Balaban J connectivity index is 2.02. The lowest BCUT2D eigenvalue weighted by molar-refractivity contribution is 0.0931. The van der Waals surface area contributed by atoms with E-state index >= 15 is 0 Å². The Hall–Kier alpha value is -1.44. The maximum Gasteiger partial charge on any atom is 0.275 e. The van der Waals surface area contributed by atoms with Gasteiger partial charge in [-0.3, -0.25) is 4.79 Å². The number of rotatable bonds is 2. The summed E-state index contributed by atoms with van der Waals surface area (Å²) in [6.45, 7) is 1.59. The van der Waals surface area contributed by atoms with Crippen molar-refractivity contribution in [2.45, 2.75) is 19.4 Å². The Labute approximate surface area is 92.1 Å². The molecule has 1 saturated heterocycles. The predicted molar refractivity (Wildman–Crippen MR) is 53.6 cm³/mol. The standard InChI is InChI=1S/C8H11N3O4S/c1-5-7(11-15-10-5)8(12)9-6-2-3-16(13,14)4-6/h6H,2-4H2,1H3,(H,9,12). The van der Waals surface area contributed by atoms with Crippen LogP contribution >= 0.6 is 0 Å². The van der Waals surface area contributed by atoms with Crippen LogP contribution in [0.4, 0.5) is 0 Å². The molecule has 1 amide bonds. The third kappa shape index (κ3) is 2.21. The maximum absolute atomic E-state index is 11.6. The van der Waals surface area contributed by atoms with E-state index in [9.17, 15) is 13.2 Å². The minimum absolute atomic E-state index is 0.0108. The van der Waals surface area contributed by atoms with Crippen LogP contribution in [-0.2, 0) is 9.84 Å². The van der Waals surface area contributed by atoms with Gasteiger partial charge in [-0.05, 0) is 18.5 Å². The molecule has 0 radical (unpaired) electrons. The summed E-state index contributed by atoms with van der Waals surface area (Å²) in [7, 11) is -2.99. The van der Waals surface area contributed by atoms with Gasteiger partial charge in [-0.25, -0.2) is 13.0 Å². The Kier molecular flexibility index (Phi) is 2.66. The van der Waals surface area contributed by atoms with E-state index in [1.54, 1.807) is 6.92 Å². The van der Waals surface area contributed by atoms with Crippen molar-refractivity contribution in [2.75, 3.05) is 11.5 Å². The zero-order valence-corrected chi connectivity index (χ0v) is 9.45. The van der Waals surface area contributed by atoms with E-state index in [1.165, 1.54) is 0 Å². The Morgan fingerprint density at radius 2 is 2.25 bits per heavy atom. The SMILES string of the molecule is Cc1nonc1C(=O)NC1CCS(=O)(=O)C1. The summed E-state index contributed by atoms with van der Waals surface area (Å²) in [5.74, 6) is -0.335. The first kappa shape index (κ1) is 11.1. The molecule has 1 N–H and O–H groups in total. The van der Waals surface area contributed by atoms with Gasteiger partial charge in [0.1, 0.15) is 5.69 Å². The molecule has 0 spiro atoms. The summed E-state index contributed by atoms with van der Waals surface area (Å²) in [4.78, 5) is 11.6. The second-order valence-electron chi connectivity index (χ2n) is 3.77. The van der Waals surface area contributed by atoms with Crippen molar-refractivity contribution in [1.82, 2.24) is 15.6 Å². The first-order chi connectivity index (χ1) is 7.48. The van der Waals surface area contributed by atoms with Crippen LogP contribution in [0, 0.1) is 6.92 Å². The van der Waals surface area contributed by atoms with E-state index in [-0.39, 0.29) is 23.2 Å². The molecule has 1 aromatic rings. The van der Waals surface area contributed by atoms with Gasteiger partial charge in [0.25, 0.3) is 5.91 Å². The molecule has 0 aromatic carbocycles. The number of nitrogens with one attached hydrogen (secondary N) is 1. The zero-order valence-electron chi connectivity index (χ0n) is 8.63. The van der Waals surface area contributed by atoms with Crippen molar-refractivity contribution in [1.29, 1.82) is 0 Å². The molecule has 1 unspecified atom stereocenters. The fraction of sp³-hybridized carbons (Fsp3) is 0.625. The molecule has 1 aliphatic heterocycles. The van der Waals surface area contributed by atoms with Crippen molar-refractivity contribution in [3.8, 4) is 0 Å². The Morgan fingerprint density at radius 1 is 1.50 bits per heavy atom. The summed E-state index contributed by atoms with van der Waals surface area (Å²) in [6.07, 6.45) is 0.443. The van der Waals surface area contributed by atoms with E-state index in [0.717, 1.165) is 0 Å². The van der Waals surface area contributed by atoms with E-state index in [0.29, 0.717) is 12.1 Å². The third-order valence-corrected chi connectivity index (χ3v) is 4.20. The average molecular weight is 245 g/mol. The van der Waals surface area contributed by atoms with E-state index in [4.69, 9.17) is 0 Å². The molecule has 0 aliphatic carbocycles. The number of hydrogen-bond donors (Lipinski definition) is 1. The maximum atomic E-state index is 11.6. The van der Waals surface area contributed by atoms with Crippen molar-refractivity contribution in [2.24, 2.45) is 0 Å². The molecule has 2 rings (SSSR count). The molecule has 1 atom stereocenters. The highest BCUT2D eigenvalue weighted by Gasteiger charge is 2.30. The number of aryl methyl sites for hydroxylation is 1. The molecular weight excluding hydrogens is 234 g/mol. The van der Waals surface area contributed by atoms with Gasteiger partial charge in [0.2, 0.25) is 0 Å². The van der Waals surface area contributed by atoms with Gasteiger partial charge >= 0.3 is 0 Å². The highest BCUT2D eigenvalue weighted by Crippen LogP contribution is 2.12. The van der Waals surface area contributed by atoms with Crippen LogP contribution in [0.1, 0.15) is 22.6 Å². The summed E-state index contributed by atoms with van der Waals surface area (Å²) in [6, 6.07) is -0.339. The lowest BCUT2D eigenvalue weighted by Crippen LogP contribution is -2.36. The topological polar surface area (TPSA) is 102 Å². The third-order valence-electron chi connectivity index (χ3n) is 2.44. The lowest BCUT2D eigenvalue weighted by atomic mass is 10.2. The summed E-state index contributed by atoms with van der Waals surface area (Å²) in [5.41, 5.74) is 0.489. The first-order valence-corrected chi connectivity index (χ1v) is 6.60. The summed E-state index contributed by atoms with van der Waals surface area (Å²) >= 11 is 0. The molecule has 8 heteroatoms. The second-order valence-corrected chi connectivity index (χ2v) is 6.00. The van der Waals surface area contributed by atoms with Crippen molar-refractivity contribution < 1.29 is 17.8 Å². The molecular formula is C8H11N3O4S. The molecule has 1 aromatic heterocycles. The molecule has 7 nitrogen and oxygen atoms in total. The van der Waals surface area contributed by atoms with Crippen LogP contribution in [0.3, 0.4) is 0 Å². The first-order valence-electron chi connectivity index (χ1n) is 4.78. The fourth-order valence-electron chi connectivity index (χ4n) is 1.60. The number of amides is 1. The van der Waals surface area contributed by atoms with Gasteiger partial charge < -0.3 is 5.32 Å². The van der Waals surface area contributed by atoms with Gasteiger partial charge in [-0.2, -0.15) is 0 Å². The second kappa shape index (κ2) is 3.85. The van der Waals surface area contributed by atoms with Gasteiger partial charge in [0.15, 0.2) is 15.5 Å². The normalized spacial score (nSPS) is 23.2. The highest BCUT2D eigenvalue weighted by molar-refractivity contribution is 7.91. The van der Waals surface area contributed by atoms with Gasteiger partial charge in [0, 0.05) is 6.04 Å². The van der Waals surface area contributed by atoms with Gasteiger partial charge in [-0.15, -0.1) is 0 Å². The smallest absolute Gasteiger partial charge is 0.275 e.